The molecule has 116 valence electrons. The van der Waals surface area contributed by atoms with Crippen LogP contribution >= 0.6 is 7.60 Å². The highest BCUT2D eigenvalue weighted by Crippen LogP contribution is 2.36. The minimum Gasteiger partial charge on any atom is -0.321 e. The molecule has 0 unspecified atom stereocenters. The van der Waals surface area contributed by atoms with Crippen LogP contribution in [0, 0.1) is 10.1 Å². The first-order valence-electron chi connectivity index (χ1n) is 6.71. The Bertz CT molecular complexity index is 898. The number of aromatic amines is 1. The molecular formula is C13H13N2O6P. The number of H-pyrrole nitrogens is 1. The van der Waals surface area contributed by atoms with E-state index < -0.39 is 23.4 Å². The molecule has 0 bridgehead atoms. The summed E-state index contributed by atoms with van der Waals surface area (Å²) in [6.07, 6.45) is 2.85. The van der Waals surface area contributed by atoms with Crippen molar-refractivity contribution in [2.45, 2.75) is 25.7 Å². The van der Waals surface area contributed by atoms with Gasteiger partial charge >= 0.3 is 7.60 Å². The Kier molecular flexibility index (Phi) is 3.40. The second-order valence-electron chi connectivity index (χ2n) is 5.31. The number of hydrogen-bond donors (Lipinski definition) is 3. The van der Waals surface area contributed by atoms with Crippen molar-refractivity contribution in [2.24, 2.45) is 0 Å². The molecule has 1 aliphatic carbocycles. The van der Waals surface area contributed by atoms with Crippen molar-refractivity contribution in [3.63, 3.8) is 0 Å². The van der Waals surface area contributed by atoms with Gasteiger partial charge in [0.05, 0.1) is 10.4 Å². The average molecular weight is 324 g/mol. The van der Waals surface area contributed by atoms with E-state index in [9.17, 15) is 29.3 Å². The highest BCUT2D eigenvalue weighted by Gasteiger charge is 2.27. The van der Waals surface area contributed by atoms with Gasteiger partial charge in [-0.15, -0.1) is 0 Å². The third kappa shape index (κ3) is 2.35. The number of aromatic nitrogens is 1. The lowest BCUT2D eigenvalue weighted by Crippen LogP contribution is -2.27. The van der Waals surface area contributed by atoms with Gasteiger partial charge in [-0.25, -0.2) is 0 Å². The SMILES string of the molecule is O=c1[nH]c2c3c(c([N+](=O)[O-])cc2cc1P(=O)(O)O)CCCC3. The molecule has 0 atom stereocenters. The first-order chi connectivity index (χ1) is 10.3. The van der Waals surface area contributed by atoms with Crippen molar-refractivity contribution in [3.05, 3.63) is 43.7 Å². The Labute approximate surface area is 124 Å². The quantitative estimate of drug-likeness (QED) is 0.430. The summed E-state index contributed by atoms with van der Waals surface area (Å²) in [7, 11) is -4.74. The van der Waals surface area contributed by atoms with Crippen LogP contribution in [0.25, 0.3) is 10.9 Å². The summed E-state index contributed by atoms with van der Waals surface area (Å²) >= 11 is 0. The molecule has 0 radical (unpaired) electrons. The summed E-state index contributed by atoms with van der Waals surface area (Å²) in [6.45, 7) is 0. The number of pyridine rings is 1. The van der Waals surface area contributed by atoms with Gasteiger partial charge in [0.25, 0.3) is 11.2 Å². The monoisotopic (exact) mass is 324 g/mol. The second-order valence-corrected chi connectivity index (χ2v) is 6.88. The van der Waals surface area contributed by atoms with Crippen LogP contribution in [0.1, 0.15) is 24.0 Å². The van der Waals surface area contributed by atoms with E-state index >= 15 is 0 Å². The van der Waals surface area contributed by atoms with E-state index in [1.54, 1.807) is 0 Å². The molecule has 22 heavy (non-hydrogen) atoms. The van der Waals surface area contributed by atoms with Crippen LogP contribution in [-0.4, -0.2) is 19.7 Å². The lowest BCUT2D eigenvalue weighted by molar-refractivity contribution is -0.385. The molecule has 1 heterocycles. The molecule has 0 saturated carbocycles. The fourth-order valence-corrected chi connectivity index (χ4v) is 3.60. The standard InChI is InChI=1S/C13H13N2O6P/c16-13-11(22(19,20)21)6-7-5-10(15(17)18)8-3-1-2-4-9(8)12(7)14-13/h5-6H,1-4H2,(H,14,16)(H2,19,20,21). The van der Waals surface area contributed by atoms with Crippen LogP contribution in [0.5, 0.6) is 0 Å². The fourth-order valence-electron chi connectivity index (χ4n) is 2.98. The number of hydrogen-bond acceptors (Lipinski definition) is 4. The third-order valence-electron chi connectivity index (χ3n) is 3.93. The Balaban J connectivity index is 2.42. The van der Waals surface area contributed by atoms with Crippen LogP contribution in [0.3, 0.4) is 0 Å². The summed E-state index contributed by atoms with van der Waals surface area (Å²) in [5, 5.41) is 10.8. The summed E-state index contributed by atoms with van der Waals surface area (Å²) in [5.74, 6) is 0. The van der Waals surface area contributed by atoms with Gasteiger partial charge in [-0.05, 0) is 37.3 Å². The zero-order chi connectivity index (χ0) is 16.1. The highest BCUT2D eigenvalue weighted by atomic mass is 31.2. The van der Waals surface area contributed by atoms with E-state index in [0.717, 1.165) is 18.9 Å². The molecule has 1 aromatic heterocycles. The van der Waals surface area contributed by atoms with Crippen molar-refractivity contribution in [3.8, 4) is 0 Å². The molecule has 8 nitrogen and oxygen atoms in total. The van der Waals surface area contributed by atoms with Crippen LogP contribution in [0.15, 0.2) is 16.9 Å². The highest BCUT2D eigenvalue weighted by molar-refractivity contribution is 7.60. The van der Waals surface area contributed by atoms with E-state index in [-0.39, 0.29) is 11.1 Å². The molecule has 2 aromatic rings. The number of nitrogens with zero attached hydrogens (tertiary/aromatic N) is 1. The first-order valence-corrected chi connectivity index (χ1v) is 8.32. The van der Waals surface area contributed by atoms with Gasteiger partial charge in [-0.3, -0.25) is 19.5 Å². The largest absolute Gasteiger partial charge is 0.361 e. The molecule has 1 aliphatic rings. The van der Waals surface area contributed by atoms with Gasteiger partial charge in [0.1, 0.15) is 5.30 Å². The maximum atomic E-state index is 11.9. The lowest BCUT2D eigenvalue weighted by atomic mass is 9.88. The normalized spacial score (nSPS) is 14.8. The zero-order valence-corrected chi connectivity index (χ0v) is 12.3. The first kappa shape index (κ1) is 14.9. The Morgan fingerprint density at radius 2 is 1.82 bits per heavy atom. The maximum Gasteiger partial charge on any atom is 0.361 e. The van der Waals surface area contributed by atoms with E-state index in [1.807, 2.05) is 0 Å². The van der Waals surface area contributed by atoms with Crippen LogP contribution < -0.4 is 10.9 Å². The van der Waals surface area contributed by atoms with Crippen molar-refractivity contribution in [2.75, 3.05) is 0 Å². The summed E-state index contributed by atoms with van der Waals surface area (Å²) < 4.78 is 11.3. The topological polar surface area (TPSA) is 134 Å². The fraction of sp³-hybridized carbons (Fsp3) is 0.308. The molecule has 9 heteroatoms. The van der Waals surface area contributed by atoms with E-state index in [4.69, 9.17) is 0 Å². The third-order valence-corrected chi connectivity index (χ3v) is 4.89. The molecule has 3 rings (SSSR count). The number of aryl methyl sites for hydroxylation is 1. The number of rotatable bonds is 2. The molecule has 0 spiro atoms. The number of benzene rings is 1. The lowest BCUT2D eigenvalue weighted by Gasteiger charge is -2.18. The molecule has 3 N–H and O–H groups in total. The predicted octanol–water partition coefficient (Wildman–Crippen LogP) is 1.12. The number of nitro benzene ring substituents is 1. The predicted molar refractivity (Wildman–Crippen MR) is 79.5 cm³/mol. The maximum absolute atomic E-state index is 11.9. The molecule has 1 aromatic carbocycles. The van der Waals surface area contributed by atoms with Gasteiger partial charge in [-0.1, -0.05) is 0 Å². The zero-order valence-electron chi connectivity index (χ0n) is 11.4. The van der Waals surface area contributed by atoms with Crippen molar-refractivity contribution < 1.29 is 19.3 Å². The van der Waals surface area contributed by atoms with Gasteiger partial charge in [0.2, 0.25) is 0 Å². The molecule has 0 amide bonds. The summed E-state index contributed by atoms with van der Waals surface area (Å²) in [5.41, 5.74) is 0.809. The second kappa shape index (κ2) is 5.01. The van der Waals surface area contributed by atoms with Crippen LogP contribution in [0.2, 0.25) is 0 Å². The smallest absolute Gasteiger partial charge is 0.321 e. The van der Waals surface area contributed by atoms with Gasteiger partial charge < -0.3 is 14.8 Å². The van der Waals surface area contributed by atoms with Gasteiger partial charge in [-0.2, -0.15) is 0 Å². The molecule has 0 saturated heterocycles. The van der Waals surface area contributed by atoms with E-state index in [0.29, 0.717) is 29.5 Å². The van der Waals surface area contributed by atoms with Crippen molar-refractivity contribution in [1.82, 2.24) is 4.98 Å². The summed E-state index contributed by atoms with van der Waals surface area (Å²) in [4.78, 5) is 43.5. The molecule has 0 aliphatic heterocycles. The van der Waals surface area contributed by atoms with Gasteiger partial charge in [0.15, 0.2) is 0 Å². The Morgan fingerprint density at radius 3 is 2.41 bits per heavy atom. The number of nitrogens with one attached hydrogen (secondary N) is 1. The molecule has 0 fully saturated rings. The Morgan fingerprint density at radius 1 is 1.18 bits per heavy atom. The van der Waals surface area contributed by atoms with Crippen LogP contribution in [-0.2, 0) is 17.4 Å². The average Bonchev–Trinajstić information content (AvgIpc) is 2.44. The van der Waals surface area contributed by atoms with E-state index in [1.165, 1.54) is 6.07 Å². The number of fused-ring (bicyclic) bond motifs is 3. The van der Waals surface area contributed by atoms with Gasteiger partial charge in [0, 0.05) is 17.0 Å². The van der Waals surface area contributed by atoms with Crippen molar-refractivity contribution >= 4 is 29.5 Å². The van der Waals surface area contributed by atoms with E-state index in [2.05, 4.69) is 4.98 Å². The molecular weight excluding hydrogens is 311 g/mol. The Hall–Kier alpha value is -2.02. The number of nitro groups is 1. The minimum absolute atomic E-state index is 0.0640. The van der Waals surface area contributed by atoms with Crippen LogP contribution in [0.4, 0.5) is 5.69 Å². The van der Waals surface area contributed by atoms with Crippen molar-refractivity contribution in [1.29, 1.82) is 0 Å². The minimum atomic E-state index is -4.74. The summed E-state index contributed by atoms with van der Waals surface area (Å²) in [6, 6.07) is 2.32.